The van der Waals surface area contributed by atoms with E-state index in [1.807, 2.05) is 24.8 Å². The lowest BCUT2D eigenvalue weighted by Gasteiger charge is -2.40. The molecule has 1 aromatic carbocycles. The first kappa shape index (κ1) is 16.1. The lowest BCUT2D eigenvalue weighted by atomic mass is 9.71. The van der Waals surface area contributed by atoms with Crippen molar-refractivity contribution in [3.8, 4) is 0 Å². The molecular weight excluding hydrogens is 312 g/mol. The summed E-state index contributed by atoms with van der Waals surface area (Å²) < 4.78 is 0. The van der Waals surface area contributed by atoms with Crippen LogP contribution in [0, 0.1) is 13.8 Å². The monoisotopic (exact) mass is 336 g/mol. The molecule has 130 valence electrons. The van der Waals surface area contributed by atoms with Gasteiger partial charge in [0.15, 0.2) is 0 Å². The molecule has 1 N–H and O–H groups in total. The highest BCUT2D eigenvalue weighted by atomic mass is 16.2. The Labute approximate surface area is 148 Å². The van der Waals surface area contributed by atoms with E-state index >= 15 is 0 Å². The molecule has 1 spiro atoms. The van der Waals surface area contributed by atoms with Crippen LogP contribution >= 0.6 is 0 Å². The van der Waals surface area contributed by atoms with Gasteiger partial charge in [-0.2, -0.15) is 5.10 Å². The smallest absolute Gasteiger partial charge is 0.227 e. The molecule has 4 rings (SSSR count). The second-order valence-corrected chi connectivity index (χ2v) is 7.27. The SMILES string of the molecule is CC1=Nc2ccccc2C12CCN(C(=O)Cc1c(C)n[nH]c1C)CC2. The van der Waals surface area contributed by atoms with Gasteiger partial charge in [0.2, 0.25) is 5.91 Å². The second-order valence-electron chi connectivity index (χ2n) is 7.27. The third kappa shape index (κ3) is 2.49. The van der Waals surface area contributed by atoms with Crippen LogP contribution in [0.5, 0.6) is 0 Å². The van der Waals surface area contributed by atoms with Crippen LogP contribution in [-0.2, 0) is 16.6 Å². The minimum absolute atomic E-state index is 0.0227. The number of para-hydroxylation sites is 1. The van der Waals surface area contributed by atoms with Gasteiger partial charge in [-0.1, -0.05) is 18.2 Å². The van der Waals surface area contributed by atoms with Gasteiger partial charge in [0, 0.05) is 35.5 Å². The molecule has 0 atom stereocenters. The van der Waals surface area contributed by atoms with Gasteiger partial charge in [-0.25, -0.2) is 0 Å². The Balaban J connectivity index is 1.49. The summed E-state index contributed by atoms with van der Waals surface area (Å²) in [4.78, 5) is 19.5. The van der Waals surface area contributed by atoms with Gasteiger partial charge in [-0.15, -0.1) is 0 Å². The number of nitrogens with one attached hydrogen (secondary N) is 1. The topological polar surface area (TPSA) is 61.4 Å². The Kier molecular flexibility index (Phi) is 3.74. The molecule has 0 unspecified atom stereocenters. The number of fused-ring (bicyclic) bond motifs is 2. The minimum Gasteiger partial charge on any atom is -0.342 e. The predicted molar refractivity (Wildman–Crippen MR) is 98.5 cm³/mol. The molecule has 5 heteroatoms. The number of hydrogen-bond acceptors (Lipinski definition) is 3. The van der Waals surface area contributed by atoms with Gasteiger partial charge in [-0.05, 0) is 45.2 Å². The zero-order valence-corrected chi connectivity index (χ0v) is 15.1. The molecule has 0 saturated carbocycles. The first-order valence-corrected chi connectivity index (χ1v) is 8.95. The minimum atomic E-state index is 0.0227. The number of hydrogen-bond donors (Lipinski definition) is 1. The Bertz CT molecular complexity index is 837. The maximum absolute atomic E-state index is 12.8. The van der Waals surface area contributed by atoms with Gasteiger partial charge < -0.3 is 4.90 Å². The van der Waals surface area contributed by atoms with E-state index < -0.39 is 0 Å². The molecule has 0 radical (unpaired) electrons. The molecule has 0 bridgehead atoms. The van der Waals surface area contributed by atoms with Crippen molar-refractivity contribution in [2.24, 2.45) is 4.99 Å². The highest BCUT2D eigenvalue weighted by molar-refractivity contribution is 6.00. The van der Waals surface area contributed by atoms with Crippen LogP contribution < -0.4 is 0 Å². The van der Waals surface area contributed by atoms with Gasteiger partial charge in [-0.3, -0.25) is 14.9 Å². The fraction of sp³-hybridized carbons (Fsp3) is 0.450. The van der Waals surface area contributed by atoms with Crippen LogP contribution in [-0.4, -0.2) is 39.8 Å². The number of piperidine rings is 1. The van der Waals surface area contributed by atoms with Crippen LogP contribution in [0.1, 0.15) is 42.3 Å². The number of rotatable bonds is 2. The number of aryl methyl sites for hydroxylation is 2. The number of nitrogens with zero attached hydrogens (tertiary/aromatic N) is 3. The van der Waals surface area contributed by atoms with E-state index in [1.165, 1.54) is 11.3 Å². The van der Waals surface area contributed by atoms with E-state index in [2.05, 4.69) is 35.3 Å². The largest absolute Gasteiger partial charge is 0.342 e. The molecule has 1 aromatic heterocycles. The molecule has 3 heterocycles. The number of H-pyrrole nitrogens is 1. The molecule has 2 aliphatic rings. The molecule has 1 amide bonds. The number of aromatic nitrogens is 2. The number of benzene rings is 1. The van der Waals surface area contributed by atoms with E-state index in [1.54, 1.807) is 0 Å². The van der Waals surface area contributed by atoms with Gasteiger partial charge in [0.25, 0.3) is 0 Å². The van der Waals surface area contributed by atoms with Crippen molar-refractivity contribution in [1.82, 2.24) is 15.1 Å². The summed E-state index contributed by atoms with van der Waals surface area (Å²) >= 11 is 0. The summed E-state index contributed by atoms with van der Waals surface area (Å²) in [7, 11) is 0. The maximum atomic E-state index is 12.8. The van der Waals surface area contributed by atoms with E-state index in [0.29, 0.717) is 6.42 Å². The summed E-state index contributed by atoms with van der Waals surface area (Å²) in [5, 5.41) is 7.16. The average molecular weight is 336 g/mol. The summed E-state index contributed by atoms with van der Waals surface area (Å²) in [6, 6.07) is 8.43. The van der Waals surface area contributed by atoms with Crippen LogP contribution in [0.2, 0.25) is 0 Å². The molecule has 1 saturated heterocycles. The standard InChI is InChI=1S/C20H24N4O/c1-13-16(14(2)23-22-13)12-19(25)24-10-8-20(9-11-24)15(3)21-18-7-5-4-6-17(18)20/h4-7H,8-12H2,1-3H3,(H,22,23). The van der Waals surface area contributed by atoms with Crippen molar-refractivity contribution in [3.63, 3.8) is 0 Å². The summed E-state index contributed by atoms with van der Waals surface area (Å²) in [6.07, 6.45) is 2.34. The zero-order chi connectivity index (χ0) is 17.6. The van der Waals surface area contributed by atoms with Crippen LogP contribution in [0.15, 0.2) is 29.3 Å². The van der Waals surface area contributed by atoms with Crippen LogP contribution in [0.4, 0.5) is 5.69 Å². The molecule has 5 nitrogen and oxygen atoms in total. The maximum Gasteiger partial charge on any atom is 0.227 e. The normalized spacial score (nSPS) is 18.4. The Morgan fingerprint density at radius 2 is 1.92 bits per heavy atom. The Morgan fingerprint density at radius 3 is 2.60 bits per heavy atom. The number of amides is 1. The number of aromatic amines is 1. The molecular formula is C20H24N4O. The molecule has 2 aromatic rings. The van der Waals surface area contributed by atoms with E-state index in [4.69, 9.17) is 4.99 Å². The average Bonchev–Trinajstić information content (AvgIpc) is 3.07. The molecule has 25 heavy (non-hydrogen) atoms. The number of likely N-dealkylation sites (tertiary alicyclic amines) is 1. The van der Waals surface area contributed by atoms with Gasteiger partial charge >= 0.3 is 0 Å². The Hall–Kier alpha value is -2.43. The van der Waals surface area contributed by atoms with Gasteiger partial charge in [0.05, 0.1) is 17.8 Å². The number of carbonyl (C=O) groups excluding carboxylic acids is 1. The lowest BCUT2D eigenvalue weighted by molar-refractivity contribution is -0.131. The summed E-state index contributed by atoms with van der Waals surface area (Å²) in [5.74, 6) is 0.198. The van der Waals surface area contributed by atoms with E-state index in [-0.39, 0.29) is 11.3 Å². The summed E-state index contributed by atoms with van der Waals surface area (Å²) in [6.45, 7) is 7.64. The van der Waals surface area contributed by atoms with Crippen molar-refractivity contribution < 1.29 is 4.79 Å². The van der Waals surface area contributed by atoms with Gasteiger partial charge in [0.1, 0.15) is 0 Å². The number of aliphatic imine (C=N–C) groups is 1. The second kappa shape index (κ2) is 5.83. The third-order valence-corrected chi connectivity index (χ3v) is 5.98. The van der Waals surface area contributed by atoms with E-state index in [0.717, 1.165) is 48.6 Å². The Morgan fingerprint density at radius 1 is 1.20 bits per heavy atom. The quantitative estimate of drug-likeness (QED) is 0.915. The molecule has 1 fully saturated rings. The van der Waals surface area contributed by atoms with Crippen molar-refractivity contribution in [1.29, 1.82) is 0 Å². The van der Waals surface area contributed by atoms with Crippen LogP contribution in [0.3, 0.4) is 0 Å². The van der Waals surface area contributed by atoms with Crippen LogP contribution in [0.25, 0.3) is 0 Å². The zero-order valence-electron chi connectivity index (χ0n) is 15.1. The van der Waals surface area contributed by atoms with Crippen molar-refractivity contribution in [2.45, 2.75) is 45.4 Å². The fourth-order valence-electron chi connectivity index (χ4n) is 4.32. The lowest BCUT2D eigenvalue weighted by Crippen LogP contribution is -2.47. The third-order valence-electron chi connectivity index (χ3n) is 5.98. The van der Waals surface area contributed by atoms with Crippen molar-refractivity contribution in [3.05, 3.63) is 46.8 Å². The van der Waals surface area contributed by atoms with E-state index in [9.17, 15) is 4.79 Å². The van der Waals surface area contributed by atoms with Crippen molar-refractivity contribution >= 4 is 17.3 Å². The fourth-order valence-corrected chi connectivity index (χ4v) is 4.32. The first-order valence-electron chi connectivity index (χ1n) is 8.95. The predicted octanol–water partition coefficient (Wildman–Crippen LogP) is 3.24. The number of carbonyl (C=O) groups is 1. The molecule has 0 aliphatic carbocycles. The summed E-state index contributed by atoms with van der Waals surface area (Å²) in [5.41, 5.74) is 6.61. The van der Waals surface area contributed by atoms with Crippen molar-refractivity contribution in [2.75, 3.05) is 13.1 Å². The highest BCUT2D eigenvalue weighted by Crippen LogP contribution is 2.46. The highest BCUT2D eigenvalue weighted by Gasteiger charge is 2.44. The first-order chi connectivity index (χ1) is 12.0. The molecule has 2 aliphatic heterocycles.